The van der Waals surface area contributed by atoms with Crippen molar-refractivity contribution in [3.63, 3.8) is 0 Å². The van der Waals surface area contributed by atoms with Gasteiger partial charge in [0.05, 0.1) is 0 Å². The van der Waals surface area contributed by atoms with Crippen LogP contribution in [0.2, 0.25) is 0 Å². The number of benzene rings is 1. The molecule has 0 heterocycles. The van der Waals surface area contributed by atoms with Crippen LogP contribution in [0.25, 0.3) is 0 Å². The van der Waals surface area contributed by atoms with Gasteiger partial charge in [0.15, 0.2) is 0 Å². The molecule has 0 aliphatic heterocycles. The van der Waals surface area contributed by atoms with Gasteiger partial charge < -0.3 is 0 Å². The Morgan fingerprint density at radius 2 is 1.41 bits per heavy atom. The van der Waals surface area contributed by atoms with E-state index >= 15 is 0 Å². The molecule has 0 atom stereocenters. The highest BCUT2D eigenvalue weighted by Gasteiger charge is 2.36. The van der Waals surface area contributed by atoms with Gasteiger partial charge in [0.2, 0.25) is 0 Å². The topological polar surface area (TPSA) is 0 Å². The van der Waals surface area contributed by atoms with Crippen LogP contribution in [0, 0.1) is 24.7 Å². The van der Waals surface area contributed by atoms with Crippen LogP contribution in [0.5, 0.6) is 0 Å². The Morgan fingerprint density at radius 1 is 0.909 bits per heavy atom. The van der Waals surface area contributed by atoms with Crippen molar-refractivity contribution in [3.8, 4) is 0 Å². The lowest BCUT2D eigenvalue weighted by atomic mass is 9.87. The average Bonchev–Trinajstić information content (AvgIpc) is 3.14. The van der Waals surface area contributed by atoms with E-state index in [9.17, 15) is 0 Å². The molecule has 0 aromatic heterocycles. The first-order valence-corrected chi connectivity index (χ1v) is 9.28. The second-order valence-corrected chi connectivity index (χ2v) is 9.21. The summed E-state index contributed by atoms with van der Waals surface area (Å²) in [4.78, 5) is 0. The van der Waals surface area contributed by atoms with Gasteiger partial charge in [-0.3, -0.25) is 0 Å². The van der Waals surface area contributed by atoms with Gasteiger partial charge in [0.1, 0.15) is 0 Å². The van der Waals surface area contributed by atoms with E-state index < -0.39 is 0 Å². The lowest BCUT2D eigenvalue weighted by Crippen LogP contribution is -2.06. The van der Waals surface area contributed by atoms with Crippen LogP contribution in [0.1, 0.15) is 88.5 Å². The summed E-state index contributed by atoms with van der Waals surface area (Å²) >= 11 is 0. The van der Waals surface area contributed by atoms with Gasteiger partial charge in [-0.15, -0.1) is 0 Å². The first kappa shape index (κ1) is 17.6. The van der Waals surface area contributed by atoms with Crippen LogP contribution in [-0.2, 0) is 12.8 Å². The summed E-state index contributed by atoms with van der Waals surface area (Å²) in [5.41, 5.74) is 7.41. The Hall–Kier alpha value is -0.780. The SMILES string of the molecule is Cc1c(CCCC(C)(C)C)ccc(CCCC2(C)CC2)c1C. The van der Waals surface area contributed by atoms with Crippen LogP contribution in [0.15, 0.2) is 12.1 Å². The van der Waals surface area contributed by atoms with Crippen molar-refractivity contribution in [2.75, 3.05) is 0 Å². The summed E-state index contributed by atoms with van der Waals surface area (Å²) in [7, 11) is 0. The van der Waals surface area contributed by atoms with E-state index in [1.54, 1.807) is 22.3 Å². The van der Waals surface area contributed by atoms with E-state index in [1.807, 2.05) is 0 Å². The first-order chi connectivity index (χ1) is 10.2. The second-order valence-electron chi connectivity index (χ2n) is 9.21. The van der Waals surface area contributed by atoms with Crippen molar-refractivity contribution in [3.05, 3.63) is 34.4 Å². The van der Waals surface area contributed by atoms with E-state index in [0.717, 1.165) is 0 Å². The summed E-state index contributed by atoms with van der Waals surface area (Å²) < 4.78 is 0. The fourth-order valence-electron chi connectivity index (χ4n) is 3.45. The van der Waals surface area contributed by atoms with Gasteiger partial charge in [-0.1, -0.05) is 39.8 Å². The minimum atomic E-state index is 0.460. The van der Waals surface area contributed by atoms with E-state index in [2.05, 4.69) is 53.7 Å². The van der Waals surface area contributed by atoms with Crippen molar-refractivity contribution in [2.45, 2.75) is 92.9 Å². The average molecular weight is 301 g/mol. The molecule has 124 valence electrons. The monoisotopic (exact) mass is 300 g/mol. The van der Waals surface area contributed by atoms with Gasteiger partial charge in [-0.25, -0.2) is 0 Å². The Bertz CT molecular complexity index is 461. The number of aryl methyl sites for hydroxylation is 2. The quantitative estimate of drug-likeness (QED) is 0.519. The molecule has 1 aromatic rings. The van der Waals surface area contributed by atoms with E-state index in [0.29, 0.717) is 10.8 Å². The van der Waals surface area contributed by atoms with Crippen molar-refractivity contribution in [2.24, 2.45) is 10.8 Å². The summed E-state index contributed by atoms with van der Waals surface area (Å²) in [5.74, 6) is 0. The highest BCUT2D eigenvalue weighted by atomic mass is 14.4. The zero-order chi connectivity index (χ0) is 16.4. The Morgan fingerprint density at radius 3 is 1.86 bits per heavy atom. The smallest absolute Gasteiger partial charge is 0.0276 e. The third-order valence-corrected chi connectivity index (χ3v) is 5.71. The third-order valence-electron chi connectivity index (χ3n) is 5.71. The molecule has 0 heteroatoms. The molecule has 0 radical (unpaired) electrons. The molecule has 1 aromatic carbocycles. The lowest BCUT2D eigenvalue weighted by molar-refractivity contribution is 0.365. The molecule has 0 N–H and O–H groups in total. The molecule has 1 aliphatic carbocycles. The lowest BCUT2D eigenvalue weighted by Gasteiger charge is -2.19. The van der Waals surface area contributed by atoms with Gasteiger partial charge >= 0.3 is 0 Å². The predicted molar refractivity (Wildman–Crippen MR) is 98.6 cm³/mol. The van der Waals surface area contributed by atoms with Crippen molar-refractivity contribution >= 4 is 0 Å². The summed E-state index contributed by atoms with van der Waals surface area (Å²) in [6, 6.07) is 4.81. The maximum atomic E-state index is 2.45. The van der Waals surface area contributed by atoms with Crippen LogP contribution in [-0.4, -0.2) is 0 Å². The molecule has 1 aliphatic rings. The Kier molecular flexibility index (Phi) is 5.41. The minimum absolute atomic E-state index is 0.460. The largest absolute Gasteiger partial charge is 0.0602 e. The zero-order valence-corrected chi connectivity index (χ0v) is 15.8. The van der Waals surface area contributed by atoms with Crippen LogP contribution in [0.4, 0.5) is 0 Å². The van der Waals surface area contributed by atoms with Gasteiger partial charge in [-0.05, 0) is 98.3 Å². The first-order valence-electron chi connectivity index (χ1n) is 9.28. The molecule has 0 nitrogen and oxygen atoms in total. The number of hydrogen-bond donors (Lipinski definition) is 0. The van der Waals surface area contributed by atoms with E-state index in [1.165, 1.54) is 51.4 Å². The van der Waals surface area contributed by atoms with Gasteiger partial charge in [0.25, 0.3) is 0 Å². The molecule has 22 heavy (non-hydrogen) atoms. The molecule has 1 fully saturated rings. The Labute approximate surface area is 138 Å². The van der Waals surface area contributed by atoms with E-state index in [-0.39, 0.29) is 0 Å². The van der Waals surface area contributed by atoms with E-state index in [4.69, 9.17) is 0 Å². The number of hydrogen-bond acceptors (Lipinski definition) is 0. The van der Waals surface area contributed by atoms with Crippen LogP contribution in [0.3, 0.4) is 0 Å². The number of rotatable bonds is 7. The molecular formula is C22H36. The molecular weight excluding hydrogens is 264 g/mol. The summed E-state index contributed by atoms with van der Waals surface area (Å²) in [6.45, 7) is 14.1. The molecule has 2 rings (SSSR count). The van der Waals surface area contributed by atoms with Gasteiger partial charge in [-0.2, -0.15) is 0 Å². The molecule has 0 bridgehead atoms. The fourth-order valence-corrected chi connectivity index (χ4v) is 3.45. The maximum Gasteiger partial charge on any atom is -0.0276 e. The fraction of sp³-hybridized carbons (Fsp3) is 0.727. The zero-order valence-electron chi connectivity index (χ0n) is 15.8. The highest BCUT2D eigenvalue weighted by molar-refractivity contribution is 5.39. The third kappa shape index (κ3) is 5.14. The standard InChI is InChI=1S/C22H36/c1-17-18(2)20(10-8-14-22(6)15-16-22)12-11-19(17)9-7-13-21(3,4)5/h11-12H,7-10,13-16H2,1-6H3. The van der Waals surface area contributed by atoms with Gasteiger partial charge in [0, 0.05) is 0 Å². The summed E-state index contributed by atoms with van der Waals surface area (Å²) in [6.07, 6.45) is 10.8. The Balaban J connectivity index is 1.89. The van der Waals surface area contributed by atoms with Crippen LogP contribution < -0.4 is 0 Å². The van der Waals surface area contributed by atoms with Crippen molar-refractivity contribution in [1.29, 1.82) is 0 Å². The molecule has 1 saturated carbocycles. The molecule has 0 amide bonds. The minimum Gasteiger partial charge on any atom is -0.0602 e. The molecule has 0 spiro atoms. The summed E-state index contributed by atoms with van der Waals surface area (Å²) in [5, 5.41) is 0. The second kappa shape index (κ2) is 6.77. The van der Waals surface area contributed by atoms with Crippen LogP contribution >= 0.6 is 0 Å². The maximum absolute atomic E-state index is 2.45. The highest BCUT2D eigenvalue weighted by Crippen LogP contribution is 2.49. The normalized spacial score (nSPS) is 16.8. The molecule has 0 saturated heterocycles. The molecule has 0 unspecified atom stereocenters. The van der Waals surface area contributed by atoms with Crippen molar-refractivity contribution in [1.82, 2.24) is 0 Å². The van der Waals surface area contributed by atoms with Crippen molar-refractivity contribution < 1.29 is 0 Å². The predicted octanol–water partition coefficient (Wildman–Crippen LogP) is 6.80.